The minimum Gasteiger partial charge on any atom is -0.393 e. The van der Waals surface area contributed by atoms with Crippen LogP contribution in [-0.2, 0) is 4.74 Å². The molecule has 0 aliphatic carbocycles. The number of aromatic nitrogens is 1. The van der Waals surface area contributed by atoms with Crippen molar-refractivity contribution >= 4 is 23.5 Å². The highest BCUT2D eigenvalue weighted by Gasteiger charge is 2.30. The lowest BCUT2D eigenvalue weighted by Crippen LogP contribution is -2.48. The highest BCUT2D eigenvalue weighted by molar-refractivity contribution is 7.98. The molecule has 3 heterocycles. The van der Waals surface area contributed by atoms with Crippen LogP contribution in [0.1, 0.15) is 37.0 Å². The van der Waals surface area contributed by atoms with Crippen LogP contribution in [0.2, 0.25) is 0 Å². The van der Waals surface area contributed by atoms with Crippen LogP contribution in [0.4, 0.5) is 5.82 Å². The van der Waals surface area contributed by atoms with Gasteiger partial charge in [0.25, 0.3) is 5.91 Å². The lowest BCUT2D eigenvalue weighted by Gasteiger charge is -2.37. The van der Waals surface area contributed by atoms with E-state index in [0.717, 1.165) is 17.1 Å². The van der Waals surface area contributed by atoms with Crippen LogP contribution in [0.3, 0.4) is 0 Å². The zero-order chi connectivity index (χ0) is 22.0. The Morgan fingerprint density at radius 2 is 1.71 bits per heavy atom. The molecule has 4 rings (SSSR count). The molecule has 31 heavy (non-hydrogen) atoms. The quantitative estimate of drug-likeness (QED) is 0.730. The predicted octanol–water partition coefficient (Wildman–Crippen LogP) is 3.68. The number of anilines is 1. The van der Waals surface area contributed by atoms with Crippen LogP contribution in [0.25, 0.3) is 11.3 Å². The number of amides is 1. The van der Waals surface area contributed by atoms with E-state index < -0.39 is 0 Å². The Morgan fingerprint density at radius 1 is 1.06 bits per heavy atom. The number of nitrogens with zero attached hydrogens (tertiary/aromatic N) is 3. The van der Waals surface area contributed by atoms with Crippen molar-refractivity contribution in [3.8, 4) is 11.3 Å². The van der Waals surface area contributed by atoms with Gasteiger partial charge in [-0.05, 0) is 57.2 Å². The van der Waals surface area contributed by atoms with Crippen molar-refractivity contribution < 1.29 is 14.6 Å². The fourth-order valence-electron chi connectivity index (χ4n) is 4.37. The van der Waals surface area contributed by atoms with Gasteiger partial charge in [0.15, 0.2) is 0 Å². The van der Waals surface area contributed by atoms with E-state index >= 15 is 0 Å². The third-order valence-electron chi connectivity index (χ3n) is 5.96. The second-order valence-electron chi connectivity index (χ2n) is 8.48. The Bertz CT molecular complexity index is 903. The second kappa shape index (κ2) is 9.59. The first-order valence-electron chi connectivity index (χ1n) is 11.0. The number of benzene rings is 1. The molecule has 0 saturated carbocycles. The van der Waals surface area contributed by atoms with Gasteiger partial charge in [-0.15, -0.1) is 11.8 Å². The molecule has 0 spiro atoms. The molecule has 7 heteroatoms. The number of ether oxygens (including phenoxy) is 1. The lowest BCUT2D eigenvalue weighted by atomic mass is 10.0. The van der Waals surface area contributed by atoms with Gasteiger partial charge in [0.1, 0.15) is 5.82 Å². The molecule has 2 aliphatic heterocycles. The van der Waals surface area contributed by atoms with Gasteiger partial charge in [-0.1, -0.05) is 12.1 Å². The largest absolute Gasteiger partial charge is 0.393 e. The standard InChI is InChI=1S/C24H31N3O3S/c1-16-14-27(15-17(2)30-16)24(29)21-8-9-22(18-4-6-20(31-3)7-5-18)25-23(21)26-12-10-19(28)11-13-26/h4-9,16-17,19,28H,10-15H2,1-3H3/t16-,17+. The van der Waals surface area contributed by atoms with E-state index in [2.05, 4.69) is 35.4 Å². The van der Waals surface area contributed by atoms with Crippen molar-refractivity contribution in [3.63, 3.8) is 0 Å². The van der Waals surface area contributed by atoms with Crippen molar-refractivity contribution in [1.29, 1.82) is 0 Å². The Morgan fingerprint density at radius 3 is 2.32 bits per heavy atom. The monoisotopic (exact) mass is 441 g/mol. The number of morpholine rings is 1. The Balaban J connectivity index is 1.68. The normalized spacial score (nSPS) is 22.6. The first-order chi connectivity index (χ1) is 14.9. The summed E-state index contributed by atoms with van der Waals surface area (Å²) in [4.78, 5) is 23.7. The Labute approximate surface area is 188 Å². The van der Waals surface area contributed by atoms with Crippen LogP contribution in [0.5, 0.6) is 0 Å². The topological polar surface area (TPSA) is 65.9 Å². The third kappa shape index (κ3) is 5.05. The third-order valence-corrected chi connectivity index (χ3v) is 6.71. The van der Waals surface area contributed by atoms with Gasteiger partial charge in [0, 0.05) is 36.6 Å². The lowest BCUT2D eigenvalue weighted by molar-refractivity contribution is -0.0586. The van der Waals surface area contributed by atoms with E-state index in [1.807, 2.05) is 30.9 Å². The zero-order valence-corrected chi connectivity index (χ0v) is 19.3. The fraction of sp³-hybridized carbons (Fsp3) is 0.500. The number of rotatable bonds is 4. The van der Waals surface area contributed by atoms with Crippen LogP contribution < -0.4 is 4.90 Å². The molecule has 6 nitrogen and oxygen atoms in total. The maximum atomic E-state index is 13.5. The first-order valence-corrected chi connectivity index (χ1v) is 12.2. The van der Waals surface area contributed by atoms with Crippen molar-refractivity contribution in [2.75, 3.05) is 37.3 Å². The van der Waals surface area contributed by atoms with Crippen LogP contribution >= 0.6 is 11.8 Å². The van der Waals surface area contributed by atoms with Gasteiger partial charge < -0.3 is 19.6 Å². The number of aliphatic hydroxyl groups is 1. The minimum absolute atomic E-state index is 0.0000899. The van der Waals surface area contributed by atoms with Gasteiger partial charge in [0.2, 0.25) is 0 Å². The van der Waals surface area contributed by atoms with Gasteiger partial charge in [0.05, 0.1) is 29.6 Å². The summed E-state index contributed by atoms with van der Waals surface area (Å²) in [6, 6.07) is 12.2. The maximum absolute atomic E-state index is 13.5. The molecule has 0 unspecified atom stereocenters. The van der Waals surface area contributed by atoms with Crippen molar-refractivity contribution in [2.45, 2.75) is 49.9 Å². The molecule has 1 aromatic carbocycles. The molecule has 166 valence electrons. The van der Waals surface area contributed by atoms with Crippen molar-refractivity contribution in [3.05, 3.63) is 42.0 Å². The van der Waals surface area contributed by atoms with E-state index in [1.165, 1.54) is 4.90 Å². The van der Waals surface area contributed by atoms with Gasteiger partial charge >= 0.3 is 0 Å². The molecule has 2 aromatic rings. The van der Waals surface area contributed by atoms with Crippen molar-refractivity contribution in [1.82, 2.24) is 9.88 Å². The van der Waals surface area contributed by atoms with Crippen LogP contribution in [0, 0.1) is 0 Å². The summed E-state index contributed by atoms with van der Waals surface area (Å²) in [6.45, 7) is 6.56. The summed E-state index contributed by atoms with van der Waals surface area (Å²) in [5, 5.41) is 9.96. The van der Waals surface area contributed by atoms with Gasteiger partial charge in [-0.25, -0.2) is 4.98 Å². The number of hydrogen-bond acceptors (Lipinski definition) is 6. The van der Waals surface area contributed by atoms with Gasteiger partial charge in [-0.3, -0.25) is 4.79 Å². The summed E-state index contributed by atoms with van der Waals surface area (Å²) in [7, 11) is 0. The van der Waals surface area contributed by atoms with Crippen LogP contribution in [0.15, 0.2) is 41.3 Å². The summed E-state index contributed by atoms with van der Waals surface area (Å²) in [6.07, 6.45) is 3.19. The van der Waals surface area contributed by atoms with E-state index in [1.54, 1.807) is 11.8 Å². The van der Waals surface area contributed by atoms with E-state index in [-0.39, 0.29) is 24.2 Å². The number of hydrogen-bond donors (Lipinski definition) is 1. The zero-order valence-electron chi connectivity index (χ0n) is 18.5. The molecule has 2 atom stereocenters. The molecule has 1 amide bonds. The number of thioether (sulfide) groups is 1. The van der Waals surface area contributed by atoms with Gasteiger partial charge in [-0.2, -0.15) is 0 Å². The molecule has 1 aromatic heterocycles. The molecule has 0 bridgehead atoms. The molecular weight excluding hydrogens is 410 g/mol. The number of carbonyl (C=O) groups is 1. The average Bonchev–Trinajstić information content (AvgIpc) is 2.78. The maximum Gasteiger partial charge on any atom is 0.257 e. The van der Waals surface area contributed by atoms with Crippen molar-refractivity contribution in [2.24, 2.45) is 0 Å². The Kier molecular flexibility index (Phi) is 6.84. The minimum atomic E-state index is -0.279. The average molecular weight is 442 g/mol. The van der Waals surface area contributed by atoms with E-state index in [9.17, 15) is 9.90 Å². The van der Waals surface area contributed by atoms with Crippen LogP contribution in [-0.4, -0.2) is 71.6 Å². The highest BCUT2D eigenvalue weighted by atomic mass is 32.2. The van der Waals surface area contributed by atoms with E-state index in [0.29, 0.717) is 44.6 Å². The predicted molar refractivity (Wildman–Crippen MR) is 125 cm³/mol. The SMILES string of the molecule is CSc1ccc(-c2ccc(C(=O)N3C[C@@H](C)O[C@@H](C)C3)c(N3CCC(O)CC3)n2)cc1. The first kappa shape index (κ1) is 22.1. The molecule has 2 aliphatic rings. The second-order valence-corrected chi connectivity index (χ2v) is 9.36. The summed E-state index contributed by atoms with van der Waals surface area (Å²) in [5.41, 5.74) is 2.51. The molecule has 0 radical (unpaired) electrons. The Hall–Kier alpha value is -2.09. The number of pyridine rings is 1. The molecular formula is C24H31N3O3S. The smallest absolute Gasteiger partial charge is 0.257 e. The number of carbonyl (C=O) groups excluding carboxylic acids is 1. The fourth-order valence-corrected chi connectivity index (χ4v) is 4.78. The highest BCUT2D eigenvalue weighted by Crippen LogP contribution is 2.29. The number of aliphatic hydroxyl groups excluding tert-OH is 1. The molecule has 2 saturated heterocycles. The molecule has 1 N–H and O–H groups in total. The summed E-state index contributed by atoms with van der Waals surface area (Å²) >= 11 is 1.71. The summed E-state index contributed by atoms with van der Waals surface area (Å²) in [5.74, 6) is 0.718. The van der Waals surface area contributed by atoms with E-state index in [4.69, 9.17) is 9.72 Å². The molecule has 2 fully saturated rings. The number of piperidine rings is 1. The summed E-state index contributed by atoms with van der Waals surface area (Å²) < 4.78 is 5.81.